The second-order valence-electron chi connectivity index (χ2n) is 3.00. The summed E-state index contributed by atoms with van der Waals surface area (Å²) in [5, 5.41) is 0. The molecule has 1 aromatic rings. The van der Waals surface area contributed by atoms with Crippen molar-refractivity contribution in [1.82, 2.24) is 4.98 Å². The van der Waals surface area contributed by atoms with Crippen molar-refractivity contribution in [1.29, 1.82) is 0 Å². The van der Waals surface area contributed by atoms with Crippen LogP contribution in [-0.2, 0) is 6.42 Å². The summed E-state index contributed by atoms with van der Waals surface area (Å²) in [6, 6.07) is 2.12. The van der Waals surface area contributed by atoms with Crippen molar-refractivity contribution in [3.63, 3.8) is 0 Å². The molecular formula is C10H16N2S. The van der Waals surface area contributed by atoms with Gasteiger partial charge in [0.25, 0.3) is 0 Å². The Kier molecular flexibility index (Phi) is 4.09. The van der Waals surface area contributed by atoms with E-state index in [4.69, 9.17) is 5.73 Å². The zero-order valence-corrected chi connectivity index (χ0v) is 9.03. The second kappa shape index (κ2) is 5.12. The number of nitrogens with zero attached hydrogens (tertiary/aromatic N) is 1. The van der Waals surface area contributed by atoms with Crippen LogP contribution in [0.5, 0.6) is 0 Å². The molecule has 0 saturated heterocycles. The number of nitrogens with two attached hydrogens (primary N) is 1. The van der Waals surface area contributed by atoms with Crippen LogP contribution in [-0.4, -0.2) is 16.5 Å². The van der Waals surface area contributed by atoms with E-state index in [2.05, 4.69) is 18.0 Å². The number of aromatic nitrogens is 1. The molecule has 0 aromatic carbocycles. The maximum absolute atomic E-state index is 5.75. The molecule has 0 spiro atoms. The average Bonchev–Trinajstić information content (AvgIpc) is 2.11. The Balaban J connectivity index is 2.59. The molecule has 0 aliphatic carbocycles. The number of thioether (sulfide) groups is 1. The van der Waals surface area contributed by atoms with Gasteiger partial charge in [-0.3, -0.25) is 0 Å². The predicted molar refractivity (Wildman–Crippen MR) is 60.1 cm³/mol. The van der Waals surface area contributed by atoms with Crippen molar-refractivity contribution >= 4 is 17.6 Å². The third kappa shape index (κ3) is 3.27. The standard InChI is InChI=1S/C10H16N2S/c1-3-13-5-4-9-6-8(2)7-12-10(9)11/h6-7H,3-5H2,1-2H3,(H2,11,12). The fourth-order valence-electron chi connectivity index (χ4n) is 1.17. The highest BCUT2D eigenvalue weighted by atomic mass is 32.2. The Labute approximate surface area is 83.9 Å². The lowest BCUT2D eigenvalue weighted by Crippen LogP contribution is -1.99. The van der Waals surface area contributed by atoms with E-state index in [-0.39, 0.29) is 0 Å². The van der Waals surface area contributed by atoms with Gasteiger partial charge in [0.05, 0.1) is 0 Å². The molecule has 2 N–H and O–H groups in total. The summed E-state index contributed by atoms with van der Waals surface area (Å²) in [5.41, 5.74) is 8.12. The van der Waals surface area contributed by atoms with Crippen LogP contribution in [0.15, 0.2) is 12.3 Å². The summed E-state index contributed by atoms with van der Waals surface area (Å²) in [4.78, 5) is 4.13. The quantitative estimate of drug-likeness (QED) is 0.751. The van der Waals surface area contributed by atoms with Gasteiger partial charge in [-0.15, -0.1) is 0 Å². The summed E-state index contributed by atoms with van der Waals surface area (Å²) in [6.07, 6.45) is 2.84. The highest BCUT2D eigenvalue weighted by molar-refractivity contribution is 7.99. The van der Waals surface area contributed by atoms with E-state index in [1.165, 1.54) is 16.9 Å². The molecule has 0 unspecified atom stereocenters. The monoisotopic (exact) mass is 196 g/mol. The van der Waals surface area contributed by atoms with E-state index in [0.29, 0.717) is 5.82 Å². The Morgan fingerprint density at radius 3 is 3.00 bits per heavy atom. The van der Waals surface area contributed by atoms with E-state index in [0.717, 1.165) is 12.2 Å². The first-order valence-corrected chi connectivity index (χ1v) is 5.68. The van der Waals surface area contributed by atoms with Crippen LogP contribution in [0.4, 0.5) is 5.82 Å². The van der Waals surface area contributed by atoms with Gasteiger partial charge in [-0.05, 0) is 36.0 Å². The van der Waals surface area contributed by atoms with Crippen molar-refractivity contribution < 1.29 is 0 Å². The molecule has 1 rings (SSSR count). The molecule has 0 atom stereocenters. The van der Waals surface area contributed by atoms with E-state index in [1.807, 2.05) is 24.9 Å². The number of aryl methyl sites for hydroxylation is 2. The van der Waals surface area contributed by atoms with Crippen LogP contribution in [0, 0.1) is 6.92 Å². The van der Waals surface area contributed by atoms with Gasteiger partial charge in [0, 0.05) is 6.20 Å². The highest BCUT2D eigenvalue weighted by Crippen LogP contribution is 2.13. The normalized spacial score (nSPS) is 10.3. The van der Waals surface area contributed by atoms with Crippen LogP contribution in [0.2, 0.25) is 0 Å². The third-order valence-corrected chi connectivity index (χ3v) is 2.76. The van der Waals surface area contributed by atoms with Gasteiger partial charge < -0.3 is 5.73 Å². The first kappa shape index (κ1) is 10.4. The summed E-state index contributed by atoms with van der Waals surface area (Å²) in [7, 11) is 0. The largest absolute Gasteiger partial charge is 0.383 e. The van der Waals surface area contributed by atoms with Crippen molar-refractivity contribution in [2.24, 2.45) is 0 Å². The summed E-state index contributed by atoms with van der Waals surface area (Å²) < 4.78 is 0. The Morgan fingerprint density at radius 2 is 2.31 bits per heavy atom. The SMILES string of the molecule is CCSCCc1cc(C)cnc1N. The van der Waals surface area contributed by atoms with Crippen LogP contribution < -0.4 is 5.73 Å². The van der Waals surface area contributed by atoms with Crippen LogP contribution in [0.1, 0.15) is 18.1 Å². The topological polar surface area (TPSA) is 38.9 Å². The van der Waals surface area contributed by atoms with Gasteiger partial charge in [-0.2, -0.15) is 11.8 Å². The lowest BCUT2D eigenvalue weighted by Gasteiger charge is -2.04. The number of nitrogen functional groups attached to an aromatic ring is 1. The zero-order valence-electron chi connectivity index (χ0n) is 8.21. The lowest BCUT2D eigenvalue weighted by molar-refractivity contribution is 1.11. The average molecular weight is 196 g/mol. The third-order valence-electron chi connectivity index (χ3n) is 1.86. The highest BCUT2D eigenvalue weighted by Gasteiger charge is 2.00. The number of hydrogen-bond acceptors (Lipinski definition) is 3. The molecule has 0 fully saturated rings. The fourth-order valence-corrected chi connectivity index (χ4v) is 1.82. The lowest BCUT2D eigenvalue weighted by atomic mass is 10.1. The molecular weight excluding hydrogens is 180 g/mol. The summed E-state index contributed by atoms with van der Waals surface area (Å²) in [5.74, 6) is 2.98. The van der Waals surface area contributed by atoms with Gasteiger partial charge in [0.15, 0.2) is 0 Å². The molecule has 0 aliphatic rings. The van der Waals surface area contributed by atoms with E-state index >= 15 is 0 Å². The molecule has 3 heteroatoms. The molecule has 13 heavy (non-hydrogen) atoms. The molecule has 0 bridgehead atoms. The summed E-state index contributed by atoms with van der Waals surface area (Å²) in [6.45, 7) is 4.21. The van der Waals surface area contributed by atoms with Gasteiger partial charge in [0.2, 0.25) is 0 Å². The fraction of sp³-hybridized carbons (Fsp3) is 0.500. The van der Waals surface area contributed by atoms with Crippen LogP contribution in [0.25, 0.3) is 0 Å². The van der Waals surface area contributed by atoms with Crippen molar-refractivity contribution in [3.8, 4) is 0 Å². The maximum Gasteiger partial charge on any atom is 0.126 e. The number of anilines is 1. The van der Waals surface area contributed by atoms with Gasteiger partial charge in [0.1, 0.15) is 5.82 Å². The van der Waals surface area contributed by atoms with Gasteiger partial charge in [-0.25, -0.2) is 4.98 Å². The molecule has 0 aliphatic heterocycles. The van der Waals surface area contributed by atoms with Crippen LogP contribution in [0.3, 0.4) is 0 Å². The number of rotatable bonds is 4. The maximum atomic E-state index is 5.75. The Bertz CT molecular complexity index is 274. The van der Waals surface area contributed by atoms with Gasteiger partial charge in [-0.1, -0.05) is 13.0 Å². The van der Waals surface area contributed by atoms with Gasteiger partial charge >= 0.3 is 0 Å². The minimum Gasteiger partial charge on any atom is -0.383 e. The second-order valence-corrected chi connectivity index (χ2v) is 4.40. The smallest absolute Gasteiger partial charge is 0.126 e. The first-order chi connectivity index (χ1) is 6.24. The molecule has 72 valence electrons. The molecule has 1 heterocycles. The molecule has 0 saturated carbocycles. The summed E-state index contributed by atoms with van der Waals surface area (Å²) >= 11 is 1.93. The molecule has 0 amide bonds. The van der Waals surface area contributed by atoms with Crippen molar-refractivity contribution in [2.75, 3.05) is 17.2 Å². The zero-order chi connectivity index (χ0) is 9.68. The van der Waals surface area contributed by atoms with Crippen LogP contribution >= 0.6 is 11.8 Å². The number of pyridine rings is 1. The first-order valence-electron chi connectivity index (χ1n) is 4.52. The Hall–Kier alpha value is -0.700. The predicted octanol–water partition coefficient (Wildman–Crippen LogP) is 2.27. The van der Waals surface area contributed by atoms with E-state index in [9.17, 15) is 0 Å². The minimum absolute atomic E-state index is 0.683. The molecule has 1 aromatic heterocycles. The minimum atomic E-state index is 0.683. The van der Waals surface area contributed by atoms with Crippen molar-refractivity contribution in [2.45, 2.75) is 20.3 Å². The van der Waals surface area contributed by atoms with E-state index in [1.54, 1.807) is 0 Å². The number of hydrogen-bond donors (Lipinski definition) is 1. The molecule has 2 nitrogen and oxygen atoms in total. The van der Waals surface area contributed by atoms with E-state index < -0.39 is 0 Å². The van der Waals surface area contributed by atoms with Crippen molar-refractivity contribution in [3.05, 3.63) is 23.4 Å². The Morgan fingerprint density at radius 1 is 1.54 bits per heavy atom. The molecule has 0 radical (unpaired) electrons.